The van der Waals surface area contributed by atoms with E-state index < -0.39 is 0 Å². The molecule has 0 aliphatic carbocycles. The normalized spacial score (nSPS) is 14.7. The van der Waals surface area contributed by atoms with E-state index in [1.807, 2.05) is 30.3 Å². The Kier molecular flexibility index (Phi) is 4.02. The summed E-state index contributed by atoms with van der Waals surface area (Å²) < 4.78 is 1.04. The summed E-state index contributed by atoms with van der Waals surface area (Å²) in [6, 6.07) is 11.6. The topological polar surface area (TPSA) is 55.1 Å². The van der Waals surface area contributed by atoms with Gasteiger partial charge in [0.1, 0.15) is 0 Å². The maximum Gasteiger partial charge on any atom is 0.228 e. The molecule has 2 aromatic carbocycles. The summed E-state index contributed by atoms with van der Waals surface area (Å²) in [5.74, 6) is -0.000280. The van der Waals surface area contributed by atoms with Gasteiger partial charge in [-0.1, -0.05) is 45.7 Å². The van der Waals surface area contributed by atoms with E-state index in [4.69, 9.17) is 17.3 Å². The molecule has 3 N–H and O–H groups in total. The molecule has 21 heavy (non-hydrogen) atoms. The smallest absolute Gasteiger partial charge is 0.228 e. The summed E-state index contributed by atoms with van der Waals surface area (Å²) in [7, 11) is 0. The highest BCUT2D eigenvalue weighted by atomic mass is 79.9. The number of carbonyl (C=O) groups excluding carboxylic acids is 1. The number of rotatable bonds is 3. The van der Waals surface area contributed by atoms with Crippen LogP contribution < -0.4 is 11.1 Å². The van der Waals surface area contributed by atoms with Crippen LogP contribution >= 0.6 is 27.5 Å². The third kappa shape index (κ3) is 3.12. The van der Waals surface area contributed by atoms with Gasteiger partial charge in [0, 0.05) is 21.2 Å². The minimum Gasteiger partial charge on any atom is -0.325 e. The van der Waals surface area contributed by atoms with Crippen LogP contribution in [0.15, 0.2) is 40.9 Å². The van der Waals surface area contributed by atoms with Gasteiger partial charge in [-0.15, -0.1) is 0 Å². The van der Waals surface area contributed by atoms with E-state index in [1.54, 1.807) is 6.07 Å². The van der Waals surface area contributed by atoms with Crippen LogP contribution in [0.3, 0.4) is 0 Å². The number of hydrogen-bond acceptors (Lipinski definition) is 2. The van der Waals surface area contributed by atoms with Crippen LogP contribution in [0.1, 0.15) is 22.7 Å². The molecule has 1 heterocycles. The Balaban J connectivity index is 1.85. The predicted molar refractivity (Wildman–Crippen MR) is 88.6 cm³/mol. The maximum atomic E-state index is 11.4. The highest BCUT2D eigenvalue weighted by molar-refractivity contribution is 9.10. The molecule has 0 spiro atoms. The molecule has 1 aliphatic rings. The summed E-state index contributed by atoms with van der Waals surface area (Å²) in [5, 5.41) is 3.39. The monoisotopic (exact) mass is 364 g/mol. The molecule has 0 bridgehead atoms. The van der Waals surface area contributed by atoms with Crippen molar-refractivity contribution >= 4 is 39.1 Å². The number of amides is 1. The third-order valence-corrected chi connectivity index (χ3v) is 4.47. The number of anilines is 1. The number of halogens is 2. The van der Waals surface area contributed by atoms with Crippen LogP contribution in [0.2, 0.25) is 5.02 Å². The van der Waals surface area contributed by atoms with Crippen molar-refractivity contribution in [3.8, 4) is 0 Å². The number of carbonyl (C=O) groups is 1. The van der Waals surface area contributed by atoms with Gasteiger partial charge in [-0.25, -0.2) is 0 Å². The zero-order chi connectivity index (χ0) is 15.0. The number of nitrogens with two attached hydrogens (primary N) is 1. The lowest BCUT2D eigenvalue weighted by atomic mass is 9.97. The minimum absolute atomic E-state index is 0.000280. The highest BCUT2D eigenvalue weighted by Crippen LogP contribution is 2.33. The largest absolute Gasteiger partial charge is 0.325 e. The molecule has 3 rings (SSSR count). The molecular weight excluding hydrogens is 352 g/mol. The summed E-state index contributed by atoms with van der Waals surface area (Å²) in [6.45, 7) is 0. The van der Waals surface area contributed by atoms with Gasteiger partial charge in [0.15, 0.2) is 0 Å². The molecule has 1 amide bonds. The van der Waals surface area contributed by atoms with Crippen molar-refractivity contribution < 1.29 is 4.79 Å². The van der Waals surface area contributed by atoms with Gasteiger partial charge in [0.05, 0.1) is 6.42 Å². The van der Waals surface area contributed by atoms with Crippen LogP contribution in [0.4, 0.5) is 5.69 Å². The zero-order valence-corrected chi connectivity index (χ0v) is 13.5. The van der Waals surface area contributed by atoms with Crippen molar-refractivity contribution in [2.24, 2.45) is 5.73 Å². The molecule has 2 aromatic rings. The lowest BCUT2D eigenvalue weighted by Crippen LogP contribution is -2.14. The van der Waals surface area contributed by atoms with Crippen molar-refractivity contribution in [3.05, 3.63) is 62.6 Å². The highest BCUT2D eigenvalue weighted by Gasteiger charge is 2.21. The van der Waals surface area contributed by atoms with Gasteiger partial charge >= 0.3 is 0 Å². The average Bonchev–Trinajstić information content (AvgIpc) is 2.79. The first kappa shape index (κ1) is 14.6. The van der Waals surface area contributed by atoms with Gasteiger partial charge in [-0.05, 0) is 41.3 Å². The number of nitrogens with one attached hydrogen (secondary N) is 1. The summed E-state index contributed by atoms with van der Waals surface area (Å²) in [5.41, 5.74) is 10.1. The summed E-state index contributed by atoms with van der Waals surface area (Å²) >= 11 is 9.72. The zero-order valence-electron chi connectivity index (χ0n) is 11.2. The quantitative estimate of drug-likeness (QED) is 0.868. The van der Waals surface area contributed by atoms with Crippen LogP contribution in [0, 0.1) is 0 Å². The van der Waals surface area contributed by atoms with Crippen molar-refractivity contribution in [2.75, 3.05) is 5.32 Å². The van der Waals surface area contributed by atoms with Crippen molar-refractivity contribution in [2.45, 2.75) is 18.9 Å². The Hall–Kier alpha value is -1.36. The minimum atomic E-state index is -0.195. The van der Waals surface area contributed by atoms with Gasteiger partial charge < -0.3 is 11.1 Å². The number of fused-ring (bicyclic) bond motifs is 1. The second-order valence-electron chi connectivity index (χ2n) is 5.19. The van der Waals surface area contributed by atoms with E-state index in [2.05, 4.69) is 21.2 Å². The molecule has 0 saturated carbocycles. The van der Waals surface area contributed by atoms with Crippen LogP contribution in [0.25, 0.3) is 0 Å². The molecule has 5 heteroatoms. The van der Waals surface area contributed by atoms with Crippen molar-refractivity contribution in [1.82, 2.24) is 0 Å². The Morgan fingerprint density at radius 1 is 1.29 bits per heavy atom. The molecule has 0 radical (unpaired) electrons. The number of hydrogen-bond donors (Lipinski definition) is 2. The molecule has 108 valence electrons. The fraction of sp³-hybridized carbons (Fsp3) is 0.188. The van der Waals surface area contributed by atoms with E-state index in [9.17, 15) is 4.79 Å². The lowest BCUT2D eigenvalue weighted by Gasteiger charge is -2.15. The van der Waals surface area contributed by atoms with Gasteiger partial charge in [0.25, 0.3) is 0 Å². The molecular formula is C16H14BrClN2O. The molecule has 1 aliphatic heterocycles. The van der Waals surface area contributed by atoms with E-state index in [0.717, 1.165) is 26.9 Å². The third-order valence-electron chi connectivity index (χ3n) is 3.62. The Labute approximate surface area is 136 Å². The van der Waals surface area contributed by atoms with Crippen LogP contribution in [0.5, 0.6) is 0 Å². The molecule has 0 saturated heterocycles. The molecule has 1 unspecified atom stereocenters. The average molecular weight is 366 g/mol. The van der Waals surface area contributed by atoms with Crippen molar-refractivity contribution in [1.29, 1.82) is 0 Å². The molecule has 3 nitrogen and oxygen atoms in total. The maximum absolute atomic E-state index is 11.4. The second-order valence-corrected chi connectivity index (χ2v) is 6.52. The van der Waals surface area contributed by atoms with Gasteiger partial charge in [-0.3, -0.25) is 4.79 Å². The first-order chi connectivity index (χ1) is 10.0. The summed E-state index contributed by atoms with van der Waals surface area (Å²) in [6.07, 6.45) is 1.09. The number of benzene rings is 2. The molecule has 0 aromatic heterocycles. The SMILES string of the molecule is NC(Cc1ccc(Br)cc1)c1cc2c(cc1Cl)NC(=O)C2. The lowest BCUT2D eigenvalue weighted by molar-refractivity contribution is -0.115. The van der Waals surface area contributed by atoms with E-state index in [-0.39, 0.29) is 11.9 Å². The van der Waals surface area contributed by atoms with E-state index >= 15 is 0 Å². The van der Waals surface area contributed by atoms with E-state index in [0.29, 0.717) is 17.9 Å². The second kappa shape index (κ2) is 5.79. The molecule has 0 fully saturated rings. The standard InChI is InChI=1S/C16H14BrClN2O/c17-11-3-1-9(2-4-11)5-14(19)12-6-10-7-16(21)20-15(10)8-13(12)18/h1-4,6,8,14H,5,7,19H2,(H,20,21). The van der Waals surface area contributed by atoms with Gasteiger partial charge in [-0.2, -0.15) is 0 Å². The fourth-order valence-corrected chi connectivity index (χ4v) is 3.10. The van der Waals surface area contributed by atoms with Crippen LogP contribution in [-0.2, 0) is 17.6 Å². The van der Waals surface area contributed by atoms with Crippen LogP contribution in [-0.4, -0.2) is 5.91 Å². The van der Waals surface area contributed by atoms with Crippen molar-refractivity contribution in [3.63, 3.8) is 0 Å². The Morgan fingerprint density at radius 3 is 2.71 bits per heavy atom. The van der Waals surface area contributed by atoms with Gasteiger partial charge in [0.2, 0.25) is 5.91 Å². The first-order valence-corrected chi connectivity index (χ1v) is 7.82. The first-order valence-electron chi connectivity index (χ1n) is 6.65. The van der Waals surface area contributed by atoms with E-state index in [1.165, 1.54) is 0 Å². The summed E-state index contributed by atoms with van der Waals surface area (Å²) in [4.78, 5) is 11.4. The predicted octanol–water partition coefficient (Wildman–Crippen LogP) is 3.84. The fourth-order valence-electron chi connectivity index (χ4n) is 2.54. The molecule has 1 atom stereocenters. The Morgan fingerprint density at radius 2 is 2.00 bits per heavy atom. The Bertz CT molecular complexity index is 700.